The molecule has 0 spiro atoms. The van der Waals surface area contributed by atoms with Crippen molar-refractivity contribution in [3.63, 3.8) is 0 Å². The third-order valence-electron chi connectivity index (χ3n) is 12.2. The van der Waals surface area contributed by atoms with Gasteiger partial charge in [-0.2, -0.15) is 0 Å². The fourth-order valence-corrected chi connectivity index (χ4v) is 10.4. The lowest BCUT2D eigenvalue weighted by molar-refractivity contribution is -0.363. The second-order valence-electron chi connectivity index (χ2n) is 13.9. The average molecular weight is 585 g/mol. The van der Waals surface area contributed by atoms with Crippen molar-refractivity contribution < 1.29 is 59.9 Å². The fraction of sp³-hybridized carbons (Fsp3) is 0.897. The summed E-state index contributed by atoms with van der Waals surface area (Å²) >= 11 is 0. The van der Waals surface area contributed by atoms with Crippen molar-refractivity contribution in [2.45, 2.75) is 113 Å². The second kappa shape index (κ2) is 9.91. The van der Waals surface area contributed by atoms with Gasteiger partial charge in [-0.1, -0.05) is 13.8 Å². The summed E-state index contributed by atoms with van der Waals surface area (Å²) in [6.07, 6.45) is -6.57. The maximum absolute atomic E-state index is 12.5. The number of aliphatic hydroxyl groups is 8. The van der Waals surface area contributed by atoms with Crippen LogP contribution in [0.3, 0.4) is 0 Å². The third kappa shape index (κ3) is 3.99. The van der Waals surface area contributed by atoms with Gasteiger partial charge in [-0.25, -0.2) is 4.79 Å². The number of ether oxygens (including phenoxy) is 3. The highest BCUT2D eigenvalue weighted by atomic mass is 16.7. The lowest BCUT2D eigenvalue weighted by Crippen LogP contribution is -2.74. The fourth-order valence-electron chi connectivity index (χ4n) is 10.4. The first-order valence-electron chi connectivity index (χ1n) is 14.9. The highest BCUT2D eigenvalue weighted by Gasteiger charge is 2.74. The summed E-state index contributed by atoms with van der Waals surface area (Å²) in [4.78, 5) is 11.9. The zero-order valence-corrected chi connectivity index (χ0v) is 23.5. The molecule has 6 rings (SSSR count). The van der Waals surface area contributed by atoms with Crippen molar-refractivity contribution in [1.29, 1.82) is 0 Å². The molecule has 2 heterocycles. The van der Waals surface area contributed by atoms with Crippen LogP contribution in [0.15, 0.2) is 11.6 Å². The highest BCUT2D eigenvalue weighted by molar-refractivity contribution is 5.85. The lowest BCUT2D eigenvalue weighted by Gasteiger charge is -2.69. The third-order valence-corrected chi connectivity index (χ3v) is 12.2. The van der Waals surface area contributed by atoms with E-state index in [4.69, 9.17) is 14.2 Å². The van der Waals surface area contributed by atoms with Gasteiger partial charge in [-0.15, -0.1) is 0 Å². The Hall–Kier alpha value is -1.19. The number of cyclic esters (lactones) is 1. The zero-order valence-electron chi connectivity index (χ0n) is 23.5. The number of carbonyl (C=O) groups is 1. The van der Waals surface area contributed by atoms with E-state index in [1.165, 1.54) is 0 Å². The van der Waals surface area contributed by atoms with E-state index in [0.29, 0.717) is 25.7 Å². The first kappa shape index (κ1) is 29.9. The van der Waals surface area contributed by atoms with Crippen LogP contribution in [-0.2, 0) is 19.0 Å². The molecule has 0 aromatic carbocycles. The van der Waals surface area contributed by atoms with Crippen molar-refractivity contribution in [1.82, 2.24) is 0 Å². The van der Waals surface area contributed by atoms with E-state index in [2.05, 4.69) is 6.92 Å². The van der Waals surface area contributed by atoms with E-state index in [-0.39, 0.29) is 49.6 Å². The van der Waals surface area contributed by atoms with Gasteiger partial charge in [0.15, 0.2) is 12.6 Å². The maximum Gasteiger partial charge on any atom is 0.331 e. The molecule has 4 saturated carbocycles. The molecule has 6 aliphatic rings. The predicted octanol–water partition coefficient (Wildman–Crippen LogP) is -1.31. The van der Waals surface area contributed by atoms with Crippen LogP contribution in [0.25, 0.3) is 0 Å². The van der Waals surface area contributed by atoms with E-state index in [9.17, 15) is 45.6 Å². The molecule has 0 aromatic heterocycles. The molecule has 0 amide bonds. The summed E-state index contributed by atoms with van der Waals surface area (Å²) in [5, 5.41) is 87.6. The Labute approximate surface area is 238 Å². The molecule has 0 radical (unpaired) electrons. The Bertz CT molecular complexity index is 1080. The summed E-state index contributed by atoms with van der Waals surface area (Å²) in [6, 6.07) is 0. The molecule has 12 nitrogen and oxygen atoms in total. The number of rotatable bonds is 4. The van der Waals surface area contributed by atoms with Crippen LogP contribution < -0.4 is 0 Å². The Balaban J connectivity index is 1.28. The summed E-state index contributed by atoms with van der Waals surface area (Å²) in [5.74, 6) is -1.21. The minimum atomic E-state index is -1.79. The first-order valence-corrected chi connectivity index (χ1v) is 14.9. The summed E-state index contributed by atoms with van der Waals surface area (Å²) in [6.45, 7) is 3.84. The van der Waals surface area contributed by atoms with Gasteiger partial charge in [-0.05, 0) is 61.3 Å². The molecule has 41 heavy (non-hydrogen) atoms. The van der Waals surface area contributed by atoms with Gasteiger partial charge < -0.3 is 55.1 Å². The molecule has 3 unspecified atom stereocenters. The van der Waals surface area contributed by atoms with Crippen LogP contribution in [-0.4, -0.2) is 114 Å². The minimum Gasteiger partial charge on any atom is -0.458 e. The molecule has 232 valence electrons. The second-order valence-corrected chi connectivity index (χ2v) is 13.9. The summed E-state index contributed by atoms with van der Waals surface area (Å²) in [7, 11) is 0. The van der Waals surface area contributed by atoms with E-state index >= 15 is 0 Å². The van der Waals surface area contributed by atoms with Crippen LogP contribution in [0, 0.1) is 34.5 Å². The molecule has 15 atom stereocenters. The molecular formula is C29H44O12. The number of hydrogen-bond acceptors (Lipinski definition) is 12. The molecule has 0 bridgehead atoms. The number of carbonyl (C=O) groups excluding carboxylic acids is 1. The van der Waals surface area contributed by atoms with Crippen LogP contribution in [0.1, 0.15) is 58.8 Å². The molecule has 0 aromatic rings. The van der Waals surface area contributed by atoms with Crippen molar-refractivity contribution >= 4 is 5.97 Å². The molecule has 2 aliphatic heterocycles. The smallest absolute Gasteiger partial charge is 0.331 e. The SMILES string of the molecule is CC1C[C@]2(C)[C@@H](C3=CC(=O)OC3)CC[C@]2(O)C2CC[C@]3(O)C[C@@H](O[C@@H]4O[C@H](O)[C@@H](O)[C@H](O)[C@@H]4O)C[C@@H](O)[C@]3(CO)C12. The molecule has 4 aliphatic carbocycles. The van der Waals surface area contributed by atoms with Gasteiger partial charge in [-0.3, -0.25) is 0 Å². The molecule has 8 N–H and O–H groups in total. The average Bonchev–Trinajstić information content (AvgIpc) is 3.45. The Kier molecular flexibility index (Phi) is 7.22. The van der Waals surface area contributed by atoms with Gasteiger partial charge in [0.25, 0.3) is 0 Å². The Morgan fingerprint density at radius 3 is 2.41 bits per heavy atom. The van der Waals surface area contributed by atoms with Crippen molar-refractivity contribution in [2.75, 3.05) is 13.2 Å². The molecule has 12 heteroatoms. The van der Waals surface area contributed by atoms with Gasteiger partial charge in [0, 0.05) is 24.3 Å². The standard InChI is InChI=1S/C29H44O12/c1-13-9-26(2)16(14-7-19(32)39-11-14)4-6-29(26,38)17-3-5-27(37)10-15(8-18(31)28(27,12-30)20(13)17)40-25-23(35)21(33)22(34)24(36)41-25/h7,13,15-18,20-25,30-31,33-38H,3-6,8-12H2,1-2H3/t13?,15-,16+,17?,18+,20?,21-,22-,23-,24-,25+,26+,27-,28+,29-/m0/s1. The summed E-state index contributed by atoms with van der Waals surface area (Å²) in [5.41, 5.74) is -3.71. The number of hydrogen-bond donors (Lipinski definition) is 8. The van der Waals surface area contributed by atoms with Gasteiger partial charge in [0.1, 0.15) is 24.9 Å². The van der Waals surface area contributed by atoms with E-state index in [0.717, 1.165) is 5.57 Å². The van der Waals surface area contributed by atoms with Crippen molar-refractivity contribution in [3.05, 3.63) is 11.6 Å². The van der Waals surface area contributed by atoms with Crippen molar-refractivity contribution in [2.24, 2.45) is 34.5 Å². The largest absolute Gasteiger partial charge is 0.458 e. The van der Waals surface area contributed by atoms with Gasteiger partial charge in [0.2, 0.25) is 0 Å². The summed E-state index contributed by atoms with van der Waals surface area (Å²) < 4.78 is 16.2. The topological polar surface area (TPSA) is 207 Å². The van der Waals surface area contributed by atoms with Crippen molar-refractivity contribution in [3.8, 4) is 0 Å². The zero-order chi connectivity index (χ0) is 29.7. The first-order chi connectivity index (χ1) is 19.2. The predicted molar refractivity (Wildman–Crippen MR) is 138 cm³/mol. The van der Waals surface area contributed by atoms with E-state index in [1.54, 1.807) is 6.08 Å². The van der Waals surface area contributed by atoms with Crippen LogP contribution in [0.4, 0.5) is 0 Å². The minimum absolute atomic E-state index is 0.00740. The maximum atomic E-state index is 12.5. The molecular weight excluding hydrogens is 540 g/mol. The van der Waals surface area contributed by atoms with Crippen LogP contribution >= 0.6 is 0 Å². The number of aliphatic hydroxyl groups excluding tert-OH is 6. The van der Waals surface area contributed by atoms with Crippen LogP contribution in [0.2, 0.25) is 0 Å². The Morgan fingerprint density at radius 1 is 1.02 bits per heavy atom. The van der Waals surface area contributed by atoms with Gasteiger partial charge >= 0.3 is 5.97 Å². The monoisotopic (exact) mass is 584 g/mol. The number of esters is 1. The quantitative estimate of drug-likeness (QED) is 0.143. The normalized spacial score (nSPS) is 56.9. The van der Waals surface area contributed by atoms with Gasteiger partial charge in [0.05, 0.1) is 35.4 Å². The van der Waals surface area contributed by atoms with E-state index in [1.807, 2.05) is 6.92 Å². The van der Waals surface area contributed by atoms with Crippen LogP contribution in [0.5, 0.6) is 0 Å². The Morgan fingerprint density at radius 2 is 1.76 bits per heavy atom. The lowest BCUT2D eigenvalue weighted by atomic mass is 9.39. The molecule has 5 fully saturated rings. The van der Waals surface area contributed by atoms with E-state index < -0.39 is 77.7 Å². The molecule has 1 saturated heterocycles. The number of fused-ring (bicyclic) bond motifs is 5. The highest BCUT2D eigenvalue weighted by Crippen LogP contribution is 2.72.